The van der Waals surface area contributed by atoms with Crippen LogP contribution in [-0.2, 0) is 14.3 Å². The molecule has 0 aromatic rings. The zero-order chi connectivity index (χ0) is 14.5. The van der Waals surface area contributed by atoms with Gasteiger partial charge in [0.05, 0.1) is 13.7 Å². The van der Waals surface area contributed by atoms with Gasteiger partial charge in [0.25, 0.3) is 0 Å². The van der Waals surface area contributed by atoms with E-state index >= 15 is 0 Å². The summed E-state index contributed by atoms with van der Waals surface area (Å²) in [5.41, 5.74) is -0.628. The van der Waals surface area contributed by atoms with E-state index in [2.05, 4.69) is 24.2 Å². The van der Waals surface area contributed by atoms with Crippen LogP contribution in [-0.4, -0.2) is 62.4 Å². The fraction of sp³-hybridized carbons (Fsp3) is 0.929. The Hall–Kier alpha value is -0.650. The number of hydrogen-bond donors (Lipinski definition) is 1. The molecule has 0 spiro atoms. The second kappa shape index (κ2) is 7.22. The summed E-state index contributed by atoms with van der Waals surface area (Å²) in [7, 11) is 3.55. The van der Waals surface area contributed by atoms with Crippen LogP contribution in [0.3, 0.4) is 0 Å². The maximum Gasteiger partial charge on any atom is 0.325 e. The number of carbonyl (C=O) groups is 1. The molecule has 1 aliphatic rings. The number of methoxy groups -OCH3 is 1. The lowest BCUT2D eigenvalue weighted by Gasteiger charge is -2.36. The minimum atomic E-state index is -0.628. The first-order valence-electron chi connectivity index (χ1n) is 7.07. The number of hydrogen-bond acceptors (Lipinski definition) is 5. The molecule has 0 amide bonds. The standard InChI is InChI=1S/C14H28N2O3/c1-6-15-14(3,13(17)18-5)9-11(2)16(4)12-7-8-19-10-12/h11-12,15H,6-10H2,1-5H3. The summed E-state index contributed by atoms with van der Waals surface area (Å²) in [6.07, 6.45) is 1.79. The molecule has 3 unspecified atom stereocenters. The number of ether oxygens (including phenoxy) is 2. The van der Waals surface area contributed by atoms with Gasteiger partial charge in [0.15, 0.2) is 0 Å². The van der Waals surface area contributed by atoms with E-state index in [4.69, 9.17) is 9.47 Å². The molecule has 5 heteroatoms. The first-order valence-corrected chi connectivity index (χ1v) is 7.07. The lowest BCUT2D eigenvalue weighted by atomic mass is 9.92. The maximum atomic E-state index is 12.0. The van der Waals surface area contributed by atoms with Gasteiger partial charge in [0, 0.05) is 18.7 Å². The van der Waals surface area contributed by atoms with Gasteiger partial charge < -0.3 is 14.8 Å². The summed E-state index contributed by atoms with van der Waals surface area (Å²) in [4.78, 5) is 14.3. The van der Waals surface area contributed by atoms with Crippen molar-refractivity contribution >= 4 is 5.97 Å². The van der Waals surface area contributed by atoms with Gasteiger partial charge in [-0.2, -0.15) is 0 Å². The van der Waals surface area contributed by atoms with E-state index < -0.39 is 5.54 Å². The molecule has 1 rings (SSSR count). The van der Waals surface area contributed by atoms with Gasteiger partial charge >= 0.3 is 5.97 Å². The van der Waals surface area contributed by atoms with Gasteiger partial charge in [-0.05, 0) is 40.3 Å². The van der Waals surface area contributed by atoms with Crippen LogP contribution < -0.4 is 5.32 Å². The van der Waals surface area contributed by atoms with Crippen LogP contribution in [0.5, 0.6) is 0 Å². The third-order valence-corrected chi connectivity index (χ3v) is 4.08. The SMILES string of the molecule is CCNC(C)(CC(C)N(C)C1CCOC1)C(=O)OC. The van der Waals surface area contributed by atoms with E-state index in [1.54, 1.807) is 0 Å². The summed E-state index contributed by atoms with van der Waals surface area (Å²) >= 11 is 0. The maximum absolute atomic E-state index is 12.0. The Bertz CT molecular complexity index is 292. The highest BCUT2D eigenvalue weighted by Gasteiger charge is 2.37. The van der Waals surface area contributed by atoms with Crippen LogP contribution in [0.1, 0.15) is 33.6 Å². The molecule has 0 aromatic carbocycles. The molecule has 0 aliphatic carbocycles. The molecule has 3 atom stereocenters. The molecule has 1 saturated heterocycles. The highest BCUT2D eigenvalue weighted by molar-refractivity contribution is 5.80. The van der Waals surface area contributed by atoms with Gasteiger partial charge in [0.1, 0.15) is 5.54 Å². The Morgan fingerprint density at radius 1 is 1.63 bits per heavy atom. The predicted molar refractivity (Wildman–Crippen MR) is 75.2 cm³/mol. The van der Waals surface area contributed by atoms with Crippen molar-refractivity contribution in [3.05, 3.63) is 0 Å². The zero-order valence-corrected chi connectivity index (χ0v) is 12.9. The van der Waals surface area contributed by atoms with Crippen molar-refractivity contribution in [3.8, 4) is 0 Å². The molecule has 0 saturated carbocycles. The second-order valence-electron chi connectivity index (χ2n) is 5.59. The first-order chi connectivity index (χ1) is 8.94. The average molecular weight is 272 g/mol. The van der Waals surface area contributed by atoms with Crippen molar-refractivity contribution in [1.29, 1.82) is 0 Å². The van der Waals surface area contributed by atoms with E-state index in [0.717, 1.165) is 32.6 Å². The molecular weight excluding hydrogens is 244 g/mol. The smallest absolute Gasteiger partial charge is 0.325 e. The minimum Gasteiger partial charge on any atom is -0.468 e. The minimum absolute atomic E-state index is 0.197. The Kier molecular flexibility index (Phi) is 6.23. The van der Waals surface area contributed by atoms with Crippen molar-refractivity contribution < 1.29 is 14.3 Å². The fourth-order valence-corrected chi connectivity index (χ4v) is 2.78. The molecule has 1 aliphatic heterocycles. The van der Waals surface area contributed by atoms with E-state index in [9.17, 15) is 4.79 Å². The molecule has 1 heterocycles. The zero-order valence-electron chi connectivity index (χ0n) is 12.9. The third kappa shape index (κ3) is 4.16. The van der Waals surface area contributed by atoms with E-state index in [-0.39, 0.29) is 12.0 Å². The average Bonchev–Trinajstić information content (AvgIpc) is 2.90. The largest absolute Gasteiger partial charge is 0.468 e. The number of nitrogens with one attached hydrogen (secondary N) is 1. The molecule has 19 heavy (non-hydrogen) atoms. The second-order valence-corrected chi connectivity index (χ2v) is 5.59. The Morgan fingerprint density at radius 3 is 2.79 bits per heavy atom. The summed E-state index contributed by atoms with van der Waals surface area (Å²) in [5, 5.41) is 3.25. The molecule has 0 radical (unpaired) electrons. The first kappa shape index (κ1) is 16.4. The highest BCUT2D eigenvalue weighted by atomic mass is 16.5. The quantitative estimate of drug-likeness (QED) is 0.702. The molecule has 112 valence electrons. The number of nitrogens with zero attached hydrogens (tertiary/aromatic N) is 1. The van der Waals surface area contributed by atoms with Crippen molar-refractivity contribution in [2.75, 3.05) is 33.9 Å². The topological polar surface area (TPSA) is 50.8 Å². The van der Waals surface area contributed by atoms with Gasteiger partial charge in [-0.25, -0.2) is 0 Å². The van der Waals surface area contributed by atoms with Gasteiger partial charge in [-0.1, -0.05) is 6.92 Å². The van der Waals surface area contributed by atoms with E-state index in [1.807, 2.05) is 13.8 Å². The van der Waals surface area contributed by atoms with E-state index in [1.165, 1.54) is 7.11 Å². The third-order valence-electron chi connectivity index (χ3n) is 4.08. The van der Waals surface area contributed by atoms with E-state index in [0.29, 0.717) is 6.04 Å². The van der Waals surface area contributed by atoms with Crippen molar-refractivity contribution in [3.63, 3.8) is 0 Å². The Morgan fingerprint density at radius 2 is 2.32 bits per heavy atom. The van der Waals surface area contributed by atoms with Crippen LogP contribution >= 0.6 is 0 Å². The Balaban J connectivity index is 2.64. The highest BCUT2D eigenvalue weighted by Crippen LogP contribution is 2.21. The molecule has 0 bridgehead atoms. The lowest BCUT2D eigenvalue weighted by Crippen LogP contribution is -2.54. The molecule has 5 nitrogen and oxygen atoms in total. The predicted octanol–water partition coefficient (Wildman–Crippen LogP) is 1.03. The van der Waals surface area contributed by atoms with Crippen LogP contribution in [0.4, 0.5) is 0 Å². The number of carbonyl (C=O) groups excluding carboxylic acids is 1. The lowest BCUT2D eigenvalue weighted by molar-refractivity contribution is -0.148. The summed E-state index contributed by atoms with van der Waals surface area (Å²) in [6, 6.07) is 0.744. The van der Waals surface area contributed by atoms with Gasteiger partial charge in [-0.3, -0.25) is 9.69 Å². The van der Waals surface area contributed by atoms with Crippen molar-refractivity contribution in [2.24, 2.45) is 0 Å². The fourth-order valence-electron chi connectivity index (χ4n) is 2.78. The van der Waals surface area contributed by atoms with Gasteiger partial charge in [0.2, 0.25) is 0 Å². The molecule has 1 fully saturated rings. The Labute approximate surface area is 116 Å². The summed E-state index contributed by atoms with van der Waals surface area (Å²) < 4.78 is 10.4. The van der Waals surface area contributed by atoms with Crippen molar-refractivity contribution in [2.45, 2.75) is 51.2 Å². The molecule has 1 N–H and O–H groups in total. The van der Waals surface area contributed by atoms with Crippen LogP contribution in [0.25, 0.3) is 0 Å². The number of likely N-dealkylation sites (N-methyl/N-ethyl adjacent to an activating group) is 2. The van der Waals surface area contributed by atoms with Crippen LogP contribution in [0, 0.1) is 0 Å². The van der Waals surface area contributed by atoms with Crippen LogP contribution in [0.2, 0.25) is 0 Å². The van der Waals surface area contributed by atoms with Crippen molar-refractivity contribution in [1.82, 2.24) is 10.2 Å². The van der Waals surface area contributed by atoms with Crippen LogP contribution in [0.15, 0.2) is 0 Å². The normalized spacial score (nSPS) is 24.2. The monoisotopic (exact) mass is 272 g/mol. The molecule has 0 aromatic heterocycles. The summed E-state index contributed by atoms with van der Waals surface area (Å²) in [5.74, 6) is -0.197. The number of esters is 1. The molecular formula is C14H28N2O3. The van der Waals surface area contributed by atoms with Gasteiger partial charge in [-0.15, -0.1) is 0 Å². The summed E-state index contributed by atoms with van der Waals surface area (Å²) in [6.45, 7) is 8.43. The number of rotatable bonds is 7.